The van der Waals surface area contributed by atoms with Gasteiger partial charge >= 0.3 is 0 Å². The van der Waals surface area contributed by atoms with Gasteiger partial charge in [0.2, 0.25) is 5.91 Å². The monoisotopic (exact) mass is 617 g/mol. The number of nitrogens with one attached hydrogen (secondary N) is 2. The minimum atomic E-state index is -1.14. The van der Waals surface area contributed by atoms with Gasteiger partial charge in [0.05, 0.1) is 16.4 Å². The van der Waals surface area contributed by atoms with Crippen LogP contribution in [0.3, 0.4) is 0 Å². The van der Waals surface area contributed by atoms with Crippen molar-refractivity contribution >= 4 is 52.3 Å². The van der Waals surface area contributed by atoms with Gasteiger partial charge in [-0.15, -0.1) is 11.3 Å². The van der Waals surface area contributed by atoms with E-state index in [4.69, 9.17) is 23.2 Å². The van der Waals surface area contributed by atoms with Gasteiger partial charge in [0.15, 0.2) is 6.19 Å². The average molecular weight is 619 g/mol. The highest BCUT2D eigenvalue weighted by molar-refractivity contribution is 7.12. The Morgan fingerprint density at radius 1 is 1.05 bits per heavy atom. The normalized spacial score (nSPS) is 12.5. The Balaban J connectivity index is 1.88. The quantitative estimate of drug-likeness (QED) is 0.179. The SMILES string of the molecule is CN(C(=O)[C@H](Cc1ccc(Cl)cc1)NC(=O)[C@@H](NC(=O)c1cccs1)C(C)(C)C)N(C#N)Cc1cccc(Cl)c1F. The topological polar surface area (TPSA) is 106 Å². The van der Waals surface area contributed by atoms with E-state index < -0.39 is 41.0 Å². The summed E-state index contributed by atoms with van der Waals surface area (Å²) in [6.45, 7) is 5.12. The second-order valence-electron chi connectivity index (χ2n) is 10.4. The molecule has 0 fully saturated rings. The van der Waals surface area contributed by atoms with Crippen molar-refractivity contribution in [2.45, 2.75) is 45.8 Å². The summed E-state index contributed by atoms with van der Waals surface area (Å²) < 4.78 is 14.5. The molecule has 0 unspecified atom stereocenters. The molecule has 41 heavy (non-hydrogen) atoms. The summed E-state index contributed by atoms with van der Waals surface area (Å²) in [6.07, 6.45) is 1.95. The van der Waals surface area contributed by atoms with Crippen LogP contribution in [-0.4, -0.2) is 46.9 Å². The lowest BCUT2D eigenvalue weighted by molar-refractivity contribution is -0.146. The highest BCUT2D eigenvalue weighted by Crippen LogP contribution is 2.23. The first kappa shape index (κ1) is 31.9. The van der Waals surface area contributed by atoms with Crippen LogP contribution < -0.4 is 10.6 Å². The first-order valence-electron chi connectivity index (χ1n) is 12.6. The summed E-state index contributed by atoms with van der Waals surface area (Å²) in [4.78, 5) is 40.7. The molecule has 2 N–H and O–H groups in total. The molecule has 1 aromatic heterocycles. The van der Waals surface area contributed by atoms with Crippen LogP contribution in [0.15, 0.2) is 60.0 Å². The van der Waals surface area contributed by atoms with Gasteiger partial charge < -0.3 is 10.6 Å². The van der Waals surface area contributed by atoms with E-state index in [9.17, 15) is 24.0 Å². The lowest BCUT2D eigenvalue weighted by Gasteiger charge is -2.34. The van der Waals surface area contributed by atoms with Crippen LogP contribution in [0.4, 0.5) is 4.39 Å². The Morgan fingerprint density at radius 3 is 2.32 bits per heavy atom. The second kappa shape index (κ2) is 13.8. The van der Waals surface area contributed by atoms with Gasteiger partial charge in [-0.05, 0) is 40.6 Å². The molecule has 0 aliphatic rings. The number of carbonyl (C=O) groups is 3. The molecule has 0 aliphatic heterocycles. The number of halogens is 3. The van der Waals surface area contributed by atoms with E-state index in [0.29, 0.717) is 15.5 Å². The third-order valence-electron chi connectivity index (χ3n) is 6.26. The molecule has 0 saturated carbocycles. The van der Waals surface area contributed by atoms with E-state index >= 15 is 0 Å². The van der Waals surface area contributed by atoms with E-state index in [1.165, 1.54) is 30.5 Å². The number of nitrogens with zero attached hydrogens (tertiary/aromatic N) is 3. The fraction of sp³-hybridized carbons (Fsp3) is 0.310. The Morgan fingerprint density at radius 2 is 1.73 bits per heavy atom. The molecule has 216 valence electrons. The Kier molecular flexibility index (Phi) is 10.7. The van der Waals surface area contributed by atoms with Crippen molar-refractivity contribution in [3.8, 4) is 6.19 Å². The summed E-state index contributed by atoms with van der Waals surface area (Å²) in [5.74, 6) is -2.31. The Hall–Kier alpha value is -3.65. The Bertz CT molecular complexity index is 1420. The maximum atomic E-state index is 14.5. The van der Waals surface area contributed by atoms with Crippen molar-refractivity contribution in [3.05, 3.63) is 91.8 Å². The molecule has 3 amide bonds. The first-order chi connectivity index (χ1) is 19.3. The molecule has 3 aromatic rings. The molecule has 0 aliphatic carbocycles. The van der Waals surface area contributed by atoms with E-state index in [0.717, 1.165) is 10.0 Å². The van der Waals surface area contributed by atoms with E-state index in [1.807, 2.05) is 6.19 Å². The van der Waals surface area contributed by atoms with Crippen molar-refractivity contribution in [2.24, 2.45) is 5.41 Å². The van der Waals surface area contributed by atoms with Crippen LogP contribution in [0.2, 0.25) is 10.0 Å². The lowest BCUT2D eigenvalue weighted by Crippen LogP contribution is -2.59. The van der Waals surface area contributed by atoms with Crippen molar-refractivity contribution in [1.29, 1.82) is 5.26 Å². The first-order valence-corrected chi connectivity index (χ1v) is 14.2. The smallest absolute Gasteiger partial charge is 0.264 e. The lowest BCUT2D eigenvalue weighted by atomic mass is 9.85. The maximum Gasteiger partial charge on any atom is 0.264 e. The molecular weight excluding hydrogens is 588 g/mol. The number of nitriles is 1. The highest BCUT2D eigenvalue weighted by Gasteiger charge is 2.36. The summed E-state index contributed by atoms with van der Waals surface area (Å²) in [5, 5.41) is 19.5. The molecule has 0 bridgehead atoms. The largest absolute Gasteiger partial charge is 0.342 e. The van der Waals surface area contributed by atoms with Gasteiger partial charge in [-0.1, -0.05) is 74.3 Å². The van der Waals surface area contributed by atoms with Crippen LogP contribution in [-0.2, 0) is 22.6 Å². The number of hydrogen-bond acceptors (Lipinski definition) is 6. The standard InChI is InChI=1S/C29H30Cl2FN5O3S/c1-29(2,3)25(35-26(38)23-9-6-14-41-23)27(39)34-22(15-18-10-12-20(30)13-11-18)28(40)36(4)37(17-33)16-19-7-5-8-21(31)24(19)32/h5-14,22,25H,15-16H2,1-4H3,(H,34,39)(H,35,38)/t22-,25+/m0/s1. The van der Waals surface area contributed by atoms with Gasteiger partial charge in [0, 0.05) is 24.1 Å². The van der Waals surface area contributed by atoms with E-state index in [-0.39, 0.29) is 23.6 Å². The molecule has 1 heterocycles. The number of amides is 3. The molecule has 2 aromatic carbocycles. The third-order valence-corrected chi connectivity index (χ3v) is 7.68. The summed E-state index contributed by atoms with van der Waals surface area (Å²) >= 11 is 13.1. The number of benzene rings is 2. The zero-order chi connectivity index (χ0) is 30.3. The predicted molar refractivity (Wildman–Crippen MR) is 157 cm³/mol. The molecule has 0 radical (unpaired) electrons. The van der Waals surface area contributed by atoms with Crippen LogP contribution in [0, 0.1) is 22.7 Å². The highest BCUT2D eigenvalue weighted by atomic mass is 35.5. The minimum absolute atomic E-state index is 0.0621. The average Bonchev–Trinajstić information content (AvgIpc) is 3.47. The molecule has 3 rings (SSSR count). The van der Waals surface area contributed by atoms with Crippen LogP contribution in [0.1, 0.15) is 41.6 Å². The molecule has 12 heteroatoms. The Labute approximate surface area is 252 Å². The summed E-state index contributed by atoms with van der Waals surface area (Å²) in [5.41, 5.74) is 0.0985. The summed E-state index contributed by atoms with van der Waals surface area (Å²) in [7, 11) is 1.36. The summed E-state index contributed by atoms with van der Waals surface area (Å²) in [6, 6.07) is 12.4. The molecule has 0 saturated heterocycles. The van der Waals surface area contributed by atoms with E-state index in [1.54, 1.807) is 68.6 Å². The molecule has 2 atom stereocenters. The van der Waals surface area contributed by atoms with Crippen LogP contribution in [0.5, 0.6) is 0 Å². The van der Waals surface area contributed by atoms with E-state index in [2.05, 4.69) is 10.6 Å². The fourth-order valence-electron chi connectivity index (χ4n) is 3.98. The van der Waals surface area contributed by atoms with Crippen molar-refractivity contribution in [1.82, 2.24) is 20.7 Å². The maximum absolute atomic E-state index is 14.5. The number of thiophene rings is 1. The number of carbonyl (C=O) groups excluding carboxylic acids is 3. The number of rotatable bonds is 10. The zero-order valence-corrected chi connectivity index (χ0v) is 25.3. The van der Waals surface area contributed by atoms with Gasteiger partial charge in [0.1, 0.15) is 17.9 Å². The number of hydrogen-bond donors (Lipinski definition) is 2. The number of hydrazine groups is 1. The van der Waals surface area contributed by atoms with Crippen molar-refractivity contribution < 1.29 is 18.8 Å². The van der Waals surface area contributed by atoms with Crippen LogP contribution >= 0.6 is 34.5 Å². The number of likely N-dealkylation sites (N-methyl/N-ethyl adjacent to an activating group) is 1. The molecular formula is C29H30Cl2FN5O3S. The predicted octanol–water partition coefficient (Wildman–Crippen LogP) is 5.42. The second-order valence-corrected chi connectivity index (χ2v) is 12.2. The molecule has 8 nitrogen and oxygen atoms in total. The van der Waals surface area contributed by atoms with Gasteiger partial charge in [-0.2, -0.15) is 5.26 Å². The third kappa shape index (κ3) is 8.43. The fourth-order valence-corrected chi connectivity index (χ4v) is 4.93. The zero-order valence-electron chi connectivity index (χ0n) is 23.0. The van der Waals surface area contributed by atoms with Crippen molar-refractivity contribution in [3.63, 3.8) is 0 Å². The van der Waals surface area contributed by atoms with Gasteiger partial charge in [-0.25, -0.2) is 14.4 Å². The van der Waals surface area contributed by atoms with Crippen LogP contribution in [0.25, 0.3) is 0 Å². The molecule has 0 spiro atoms. The minimum Gasteiger partial charge on any atom is -0.342 e. The van der Waals surface area contributed by atoms with Gasteiger partial charge in [0.25, 0.3) is 11.8 Å². The van der Waals surface area contributed by atoms with Gasteiger partial charge in [-0.3, -0.25) is 14.4 Å². The van der Waals surface area contributed by atoms with Crippen molar-refractivity contribution in [2.75, 3.05) is 7.05 Å².